The monoisotopic (exact) mass is 403 g/mol. The number of carbonyl (C=O) groups is 3. The molecule has 0 radical (unpaired) electrons. The molecule has 1 aliphatic rings. The number of nitrogens with one attached hydrogen (secondary N) is 1. The van der Waals surface area contributed by atoms with E-state index in [1.165, 1.54) is 0 Å². The van der Waals surface area contributed by atoms with Crippen molar-refractivity contribution < 1.29 is 19.1 Å². The maximum Gasteiger partial charge on any atom is 0.343 e. The molecule has 0 fully saturated rings. The molecule has 2 aromatic rings. The molecule has 0 saturated carbocycles. The van der Waals surface area contributed by atoms with E-state index >= 15 is 0 Å². The summed E-state index contributed by atoms with van der Waals surface area (Å²) in [4.78, 5) is 36.6. The van der Waals surface area contributed by atoms with Crippen LogP contribution in [0, 0.1) is 6.92 Å². The summed E-state index contributed by atoms with van der Waals surface area (Å²) in [6.45, 7) is 5.71. The molecular weight excluding hydrogens is 382 g/mol. The fourth-order valence-electron chi connectivity index (χ4n) is 3.12. The van der Waals surface area contributed by atoms with Crippen LogP contribution >= 0.6 is 11.6 Å². The van der Waals surface area contributed by atoms with Crippen LogP contribution in [0.5, 0.6) is 0 Å². The predicted octanol–water partition coefficient (Wildman–Crippen LogP) is 3.74. The largest absolute Gasteiger partial charge is 0.454 e. The van der Waals surface area contributed by atoms with Gasteiger partial charge in [0.15, 0.2) is 12.4 Å². The van der Waals surface area contributed by atoms with Crippen LogP contribution < -0.4 is 5.32 Å². The zero-order chi connectivity index (χ0) is 20.4. The van der Waals surface area contributed by atoms with Gasteiger partial charge in [-0.3, -0.25) is 14.3 Å². The van der Waals surface area contributed by atoms with E-state index in [4.69, 9.17) is 16.3 Å². The molecule has 1 aromatic heterocycles. The van der Waals surface area contributed by atoms with Gasteiger partial charge in [-0.25, -0.2) is 4.79 Å². The Balaban J connectivity index is 1.68. The lowest BCUT2D eigenvalue weighted by molar-refractivity contribution is -0.116. The quantitative estimate of drug-likeness (QED) is 0.561. The number of Topliss-reactive ketones (excluding diaryl/α,β-unsaturated/α-hetero) is 1. The number of halogens is 1. The van der Waals surface area contributed by atoms with Crippen molar-refractivity contribution in [3.05, 3.63) is 45.7 Å². The molecule has 1 amide bonds. The van der Waals surface area contributed by atoms with E-state index in [0.717, 1.165) is 18.4 Å². The lowest BCUT2D eigenvalue weighted by Crippen LogP contribution is -2.15. The smallest absolute Gasteiger partial charge is 0.343 e. The normalized spacial score (nSPS) is 15.3. The number of unbranched alkanes of at least 4 members (excludes halogenated alkanes) is 1. The summed E-state index contributed by atoms with van der Waals surface area (Å²) in [6, 6.07) is 4.95. The van der Waals surface area contributed by atoms with Crippen molar-refractivity contribution in [3.8, 4) is 0 Å². The highest BCUT2D eigenvalue weighted by atomic mass is 35.5. The SMILES string of the molecule is CCCCn1nc(C)c(C(=O)OCC(=O)c2ccc3c(c2)[C@H](C)C(=O)N3)c1Cl. The minimum absolute atomic E-state index is 0.101. The fraction of sp³-hybridized carbons (Fsp3) is 0.400. The number of rotatable bonds is 7. The van der Waals surface area contributed by atoms with Crippen LogP contribution in [0.1, 0.15) is 64.6 Å². The number of fused-ring (bicyclic) bond motifs is 1. The minimum Gasteiger partial charge on any atom is -0.454 e. The van der Waals surface area contributed by atoms with Crippen molar-refractivity contribution in [2.24, 2.45) is 0 Å². The van der Waals surface area contributed by atoms with Crippen LogP contribution in [0.2, 0.25) is 5.15 Å². The first kappa shape index (κ1) is 20.1. The van der Waals surface area contributed by atoms with Crippen molar-refractivity contribution in [1.82, 2.24) is 9.78 Å². The number of carbonyl (C=O) groups excluding carboxylic acids is 3. The Hall–Kier alpha value is -2.67. The van der Waals surface area contributed by atoms with Gasteiger partial charge >= 0.3 is 5.97 Å². The number of hydrogen-bond donors (Lipinski definition) is 1. The standard InChI is InChI=1S/C20H22ClN3O4/c1-4-5-8-24-18(21)17(12(3)23-24)20(27)28-10-16(25)13-6-7-15-14(9-13)11(2)19(26)22-15/h6-7,9,11H,4-5,8,10H2,1-3H3,(H,22,26)/t11-/m0/s1. The third-order valence-corrected chi connectivity index (χ3v) is 5.20. The van der Waals surface area contributed by atoms with Gasteiger partial charge in [-0.05, 0) is 44.0 Å². The van der Waals surface area contributed by atoms with Crippen molar-refractivity contribution >= 4 is 34.9 Å². The van der Waals surface area contributed by atoms with E-state index in [1.54, 1.807) is 36.7 Å². The van der Waals surface area contributed by atoms with Gasteiger partial charge in [0, 0.05) is 17.8 Å². The van der Waals surface area contributed by atoms with Gasteiger partial charge in [0.2, 0.25) is 5.91 Å². The molecule has 148 valence electrons. The van der Waals surface area contributed by atoms with Crippen LogP contribution in [0.15, 0.2) is 18.2 Å². The number of ether oxygens (including phenoxy) is 1. The second-order valence-corrected chi connectivity index (χ2v) is 7.20. The van der Waals surface area contributed by atoms with Crippen LogP contribution in [0.3, 0.4) is 0 Å². The Labute approximate surface area is 168 Å². The van der Waals surface area contributed by atoms with Crippen molar-refractivity contribution in [3.63, 3.8) is 0 Å². The molecule has 1 N–H and O–H groups in total. The van der Waals surface area contributed by atoms with E-state index in [-0.39, 0.29) is 28.3 Å². The van der Waals surface area contributed by atoms with Gasteiger partial charge in [0.05, 0.1) is 11.6 Å². The number of aromatic nitrogens is 2. The van der Waals surface area contributed by atoms with Gasteiger partial charge in [0.25, 0.3) is 0 Å². The summed E-state index contributed by atoms with van der Waals surface area (Å²) in [5.41, 5.74) is 2.50. The zero-order valence-corrected chi connectivity index (χ0v) is 16.8. The van der Waals surface area contributed by atoms with E-state index in [1.807, 2.05) is 0 Å². The van der Waals surface area contributed by atoms with Gasteiger partial charge in [-0.15, -0.1) is 0 Å². The van der Waals surface area contributed by atoms with E-state index in [2.05, 4.69) is 17.3 Å². The van der Waals surface area contributed by atoms with Gasteiger partial charge in [0.1, 0.15) is 10.7 Å². The summed E-state index contributed by atoms with van der Waals surface area (Å²) in [7, 11) is 0. The Morgan fingerprint density at radius 3 is 2.82 bits per heavy atom. The Morgan fingerprint density at radius 2 is 2.11 bits per heavy atom. The maximum absolute atomic E-state index is 12.4. The first-order valence-electron chi connectivity index (χ1n) is 9.21. The summed E-state index contributed by atoms with van der Waals surface area (Å²) >= 11 is 6.26. The average molecular weight is 404 g/mol. The number of amides is 1. The summed E-state index contributed by atoms with van der Waals surface area (Å²) in [5, 5.41) is 7.25. The average Bonchev–Trinajstić information content (AvgIpc) is 3.12. The highest BCUT2D eigenvalue weighted by Gasteiger charge is 2.28. The van der Waals surface area contributed by atoms with E-state index in [0.29, 0.717) is 23.5 Å². The summed E-state index contributed by atoms with van der Waals surface area (Å²) in [6.07, 6.45) is 1.87. The third kappa shape index (κ3) is 3.80. The molecule has 0 unspecified atom stereocenters. The molecule has 28 heavy (non-hydrogen) atoms. The highest BCUT2D eigenvalue weighted by molar-refractivity contribution is 6.32. The number of benzene rings is 1. The molecule has 0 aliphatic carbocycles. The Bertz CT molecular complexity index is 951. The molecule has 1 aliphatic heterocycles. The van der Waals surface area contributed by atoms with E-state index in [9.17, 15) is 14.4 Å². The molecule has 0 saturated heterocycles. The number of ketones is 1. The minimum atomic E-state index is -0.676. The van der Waals surface area contributed by atoms with Crippen molar-refractivity contribution in [2.45, 2.75) is 46.1 Å². The number of aryl methyl sites for hydroxylation is 2. The molecule has 8 heteroatoms. The van der Waals surface area contributed by atoms with Crippen LogP contribution in [-0.2, 0) is 16.1 Å². The number of hydrogen-bond acceptors (Lipinski definition) is 5. The number of esters is 1. The molecular formula is C20H22ClN3O4. The lowest BCUT2D eigenvalue weighted by Gasteiger charge is -2.07. The molecule has 1 atom stereocenters. The molecule has 7 nitrogen and oxygen atoms in total. The molecule has 0 bridgehead atoms. The number of nitrogens with zero attached hydrogens (tertiary/aromatic N) is 2. The van der Waals surface area contributed by atoms with Crippen molar-refractivity contribution in [1.29, 1.82) is 0 Å². The second-order valence-electron chi connectivity index (χ2n) is 6.84. The summed E-state index contributed by atoms with van der Waals surface area (Å²) in [5.74, 6) is -1.45. The predicted molar refractivity (Wildman–Crippen MR) is 105 cm³/mol. The second kappa shape index (κ2) is 8.14. The van der Waals surface area contributed by atoms with Gasteiger partial charge in [-0.2, -0.15) is 5.10 Å². The van der Waals surface area contributed by atoms with Crippen molar-refractivity contribution in [2.75, 3.05) is 11.9 Å². The topological polar surface area (TPSA) is 90.3 Å². The summed E-state index contributed by atoms with van der Waals surface area (Å²) < 4.78 is 6.76. The molecule has 0 spiro atoms. The lowest BCUT2D eigenvalue weighted by atomic mass is 9.99. The Morgan fingerprint density at radius 1 is 1.36 bits per heavy atom. The zero-order valence-electron chi connectivity index (χ0n) is 16.0. The third-order valence-electron chi connectivity index (χ3n) is 4.82. The molecule has 2 heterocycles. The van der Waals surface area contributed by atoms with Crippen LogP contribution in [0.4, 0.5) is 5.69 Å². The van der Waals surface area contributed by atoms with Crippen LogP contribution in [0.25, 0.3) is 0 Å². The first-order chi connectivity index (χ1) is 13.3. The Kier molecular flexibility index (Phi) is 5.84. The van der Waals surface area contributed by atoms with E-state index < -0.39 is 12.6 Å². The van der Waals surface area contributed by atoms with Crippen LogP contribution in [-0.4, -0.2) is 34.0 Å². The van der Waals surface area contributed by atoms with Gasteiger partial charge in [-0.1, -0.05) is 24.9 Å². The molecule has 3 rings (SSSR count). The highest BCUT2D eigenvalue weighted by Crippen LogP contribution is 2.32. The first-order valence-corrected chi connectivity index (χ1v) is 9.59. The van der Waals surface area contributed by atoms with Gasteiger partial charge < -0.3 is 10.1 Å². The number of anilines is 1. The maximum atomic E-state index is 12.4. The fourth-order valence-corrected chi connectivity index (χ4v) is 3.45. The molecule has 1 aromatic carbocycles.